The molecule has 2 aliphatic rings. The van der Waals surface area contributed by atoms with Gasteiger partial charge in [0.2, 0.25) is 0 Å². The highest BCUT2D eigenvalue weighted by atomic mass is 79.9. The van der Waals surface area contributed by atoms with Gasteiger partial charge in [0.15, 0.2) is 0 Å². The number of rotatable bonds is 4. The zero-order valence-electron chi connectivity index (χ0n) is 10.1. The van der Waals surface area contributed by atoms with Crippen molar-refractivity contribution in [2.45, 2.75) is 18.3 Å². The highest BCUT2D eigenvalue weighted by Crippen LogP contribution is 2.62. The van der Waals surface area contributed by atoms with Crippen LogP contribution in [0.5, 0.6) is 0 Å². The lowest BCUT2D eigenvalue weighted by Gasteiger charge is -2.48. The molecule has 2 fully saturated rings. The molecule has 1 saturated carbocycles. The number of halogens is 1. The van der Waals surface area contributed by atoms with Gasteiger partial charge in [-0.05, 0) is 43.0 Å². The van der Waals surface area contributed by atoms with Crippen molar-refractivity contribution in [3.05, 3.63) is 34.3 Å². The van der Waals surface area contributed by atoms with E-state index in [1.807, 2.05) is 7.05 Å². The first-order valence-electron chi connectivity index (χ1n) is 6.21. The Bertz CT molecular complexity index is 424. The van der Waals surface area contributed by atoms with E-state index in [1.165, 1.54) is 22.9 Å². The third-order valence-corrected chi connectivity index (χ3v) is 4.95. The van der Waals surface area contributed by atoms with Crippen molar-refractivity contribution in [3.8, 4) is 0 Å². The largest absolute Gasteiger partial charge is 0.379 e. The van der Waals surface area contributed by atoms with Gasteiger partial charge in [-0.1, -0.05) is 28.1 Å². The van der Waals surface area contributed by atoms with Gasteiger partial charge in [0, 0.05) is 16.4 Å². The van der Waals surface area contributed by atoms with Crippen LogP contribution in [0.15, 0.2) is 28.7 Å². The Labute approximate surface area is 111 Å². The first-order valence-corrected chi connectivity index (χ1v) is 7.00. The summed E-state index contributed by atoms with van der Waals surface area (Å²) in [4.78, 5) is 0. The van der Waals surface area contributed by atoms with Gasteiger partial charge in [0.1, 0.15) is 0 Å². The predicted molar refractivity (Wildman–Crippen MR) is 72.2 cm³/mol. The fourth-order valence-corrected chi connectivity index (χ4v) is 3.58. The molecule has 0 radical (unpaired) electrons. The average Bonchev–Trinajstić information content (AvgIpc) is 2.98. The van der Waals surface area contributed by atoms with Gasteiger partial charge >= 0.3 is 0 Å². The smallest absolute Gasteiger partial charge is 0.0591 e. The number of ether oxygens (including phenoxy) is 1. The molecule has 92 valence electrons. The van der Waals surface area contributed by atoms with Crippen molar-refractivity contribution in [2.75, 3.05) is 26.8 Å². The van der Waals surface area contributed by atoms with Gasteiger partial charge in [0.05, 0.1) is 13.2 Å². The molecule has 0 spiro atoms. The Morgan fingerprint density at radius 2 is 2.12 bits per heavy atom. The molecule has 0 bridgehead atoms. The molecule has 1 N–H and O–H groups in total. The molecule has 1 aliphatic heterocycles. The SMILES string of the molecule is CNCC1(C2(c3cccc(Br)c3)COC2)CC1. The van der Waals surface area contributed by atoms with E-state index in [0.717, 1.165) is 19.8 Å². The summed E-state index contributed by atoms with van der Waals surface area (Å²) in [6, 6.07) is 8.74. The molecular weight excluding hydrogens is 278 g/mol. The fourth-order valence-electron chi connectivity index (χ4n) is 3.19. The molecule has 0 amide bonds. The van der Waals surface area contributed by atoms with Crippen molar-refractivity contribution in [3.63, 3.8) is 0 Å². The minimum atomic E-state index is 0.250. The molecule has 0 aromatic heterocycles. The lowest BCUT2D eigenvalue weighted by molar-refractivity contribution is -0.0986. The quantitative estimate of drug-likeness (QED) is 0.922. The lowest BCUT2D eigenvalue weighted by atomic mass is 9.66. The molecule has 3 rings (SSSR count). The van der Waals surface area contributed by atoms with E-state index < -0.39 is 0 Å². The first-order chi connectivity index (χ1) is 8.22. The van der Waals surface area contributed by atoms with E-state index in [0.29, 0.717) is 5.41 Å². The summed E-state index contributed by atoms with van der Waals surface area (Å²) in [5, 5.41) is 3.36. The van der Waals surface area contributed by atoms with Crippen LogP contribution in [0.25, 0.3) is 0 Å². The maximum atomic E-state index is 5.56. The molecule has 0 atom stereocenters. The summed E-state index contributed by atoms with van der Waals surface area (Å²) >= 11 is 3.58. The van der Waals surface area contributed by atoms with Crippen LogP contribution in [0.2, 0.25) is 0 Å². The van der Waals surface area contributed by atoms with Crippen molar-refractivity contribution >= 4 is 15.9 Å². The van der Waals surface area contributed by atoms with Gasteiger partial charge in [-0.3, -0.25) is 0 Å². The Balaban J connectivity index is 1.97. The van der Waals surface area contributed by atoms with Gasteiger partial charge in [-0.15, -0.1) is 0 Å². The molecule has 0 unspecified atom stereocenters. The first kappa shape index (κ1) is 11.7. The molecule has 1 heterocycles. The third-order valence-electron chi connectivity index (χ3n) is 4.46. The zero-order chi connectivity index (χ0) is 11.9. The maximum Gasteiger partial charge on any atom is 0.0591 e. The molecule has 1 aliphatic carbocycles. The molecule has 1 saturated heterocycles. The summed E-state index contributed by atoms with van der Waals surface area (Å²) in [5.74, 6) is 0. The van der Waals surface area contributed by atoms with Gasteiger partial charge in [-0.2, -0.15) is 0 Å². The summed E-state index contributed by atoms with van der Waals surface area (Å²) < 4.78 is 6.73. The second-order valence-corrected chi connectivity index (χ2v) is 6.31. The minimum Gasteiger partial charge on any atom is -0.379 e. The Morgan fingerprint density at radius 3 is 2.59 bits per heavy atom. The highest BCUT2D eigenvalue weighted by Gasteiger charge is 2.62. The van der Waals surface area contributed by atoms with E-state index in [4.69, 9.17) is 4.74 Å². The van der Waals surface area contributed by atoms with E-state index in [-0.39, 0.29) is 5.41 Å². The number of hydrogen-bond acceptors (Lipinski definition) is 2. The van der Waals surface area contributed by atoms with Crippen molar-refractivity contribution < 1.29 is 4.74 Å². The van der Waals surface area contributed by atoms with E-state index in [1.54, 1.807) is 0 Å². The predicted octanol–water partition coefficient (Wildman–Crippen LogP) is 2.72. The second-order valence-electron chi connectivity index (χ2n) is 5.40. The van der Waals surface area contributed by atoms with Crippen LogP contribution in [-0.4, -0.2) is 26.8 Å². The van der Waals surface area contributed by atoms with Crippen LogP contribution >= 0.6 is 15.9 Å². The van der Waals surface area contributed by atoms with Crippen LogP contribution in [0, 0.1) is 5.41 Å². The topological polar surface area (TPSA) is 21.3 Å². The average molecular weight is 296 g/mol. The molecule has 1 aromatic rings. The highest BCUT2D eigenvalue weighted by molar-refractivity contribution is 9.10. The normalized spacial score (nSPS) is 24.1. The van der Waals surface area contributed by atoms with Gasteiger partial charge in [0.25, 0.3) is 0 Å². The third kappa shape index (κ3) is 1.67. The van der Waals surface area contributed by atoms with Crippen molar-refractivity contribution in [2.24, 2.45) is 5.41 Å². The van der Waals surface area contributed by atoms with Crippen LogP contribution < -0.4 is 5.32 Å². The summed E-state index contributed by atoms with van der Waals surface area (Å²) in [6.45, 7) is 2.86. The molecule has 2 nitrogen and oxygen atoms in total. The summed E-state index contributed by atoms with van der Waals surface area (Å²) in [7, 11) is 2.05. The zero-order valence-corrected chi connectivity index (χ0v) is 11.7. The van der Waals surface area contributed by atoms with Crippen LogP contribution in [0.4, 0.5) is 0 Å². The number of nitrogens with one attached hydrogen (secondary N) is 1. The Kier molecular flexibility index (Phi) is 2.80. The number of hydrogen-bond donors (Lipinski definition) is 1. The fraction of sp³-hybridized carbons (Fsp3) is 0.571. The number of benzene rings is 1. The summed E-state index contributed by atoms with van der Waals surface area (Å²) in [5.41, 5.74) is 2.12. The molecule has 17 heavy (non-hydrogen) atoms. The summed E-state index contributed by atoms with van der Waals surface area (Å²) in [6.07, 6.45) is 2.65. The van der Waals surface area contributed by atoms with Gasteiger partial charge < -0.3 is 10.1 Å². The molecule has 3 heteroatoms. The Morgan fingerprint density at radius 1 is 1.35 bits per heavy atom. The standard InChI is InChI=1S/C14H18BrNO/c1-16-8-13(5-6-13)14(9-17-10-14)11-3-2-4-12(15)7-11/h2-4,7,16H,5-6,8-10H2,1H3. The van der Waals surface area contributed by atoms with Crippen LogP contribution in [0.1, 0.15) is 18.4 Å². The van der Waals surface area contributed by atoms with E-state index in [2.05, 4.69) is 45.5 Å². The second kappa shape index (κ2) is 4.08. The van der Waals surface area contributed by atoms with Crippen molar-refractivity contribution in [1.82, 2.24) is 5.32 Å². The van der Waals surface area contributed by atoms with E-state index in [9.17, 15) is 0 Å². The lowest BCUT2D eigenvalue weighted by Crippen LogP contribution is -2.56. The van der Waals surface area contributed by atoms with E-state index >= 15 is 0 Å². The van der Waals surface area contributed by atoms with Crippen molar-refractivity contribution in [1.29, 1.82) is 0 Å². The van der Waals surface area contributed by atoms with Gasteiger partial charge in [-0.25, -0.2) is 0 Å². The monoisotopic (exact) mass is 295 g/mol. The van der Waals surface area contributed by atoms with Crippen LogP contribution in [0.3, 0.4) is 0 Å². The molecule has 1 aromatic carbocycles. The molecular formula is C14H18BrNO. The Hall–Kier alpha value is -0.380. The van der Waals surface area contributed by atoms with Crippen LogP contribution in [-0.2, 0) is 10.2 Å². The maximum absolute atomic E-state index is 5.56. The minimum absolute atomic E-state index is 0.250.